The zero-order valence-corrected chi connectivity index (χ0v) is 21.1. The molecule has 182 valence electrons. The van der Waals surface area contributed by atoms with Crippen LogP contribution in [0.2, 0.25) is 5.02 Å². The lowest BCUT2D eigenvalue weighted by Crippen LogP contribution is -2.35. The van der Waals surface area contributed by atoms with Crippen LogP contribution >= 0.6 is 11.6 Å². The summed E-state index contributed by atoms with van der Waals surface area (Å²) in [6.45, 7) is 10.1. The van der Waals surface area contributed by atoms with E-state index in [4.69, 9.17) is 17.3 Å². The number of rotatable bonds is 4. The maximum Gasteiger partial charge on any atom is 0.142 e. The Morgan fingerprint density at radius 3 is 2.26 bits per heavy atom. The smallest absolute Gasteiger partial charge is 0.142 e. The molecule has 4 rings (SSSR count). The molecule has 7 heteroatoms. The molecule has 1 aliphatic rings. The van der Waals surface area contributed by atoms with Gasteiger partial charge < -0.3 is 15.7 Å². The molecule has 0 bridgehead atoms. The number of aryl methyl sites for hydroxylation is 2. The summed E-state index contributed by atoms with van der Waals surface area (Å²) in [7, 11) is 0. The first kappa shape index (κ1) is 25.9. The molecular weight excluding hydrogens is 451 g/mol. The molecule has 1 aromatic carbocycles. The van der Waals surface area contributed by atoms with Gasteiger partial charge in [0.2, 0.25) is 0 Å². The van der Waals surface area contributed by atoms with Crippen LogP contribution in [0.4, 0.5) is 16.0 Å². The van der Waals surface area contributed by atoms with Gasteiger partial charge in [0, 0.05) is 43.2 Å². The molecule has 3 N–H and O–H groups in total. The van der Waals surface area contributed by atoms with Gasteiger partial charge in [-0.1, -0.05) is 31.5 Å². The maximum absolute atomic E-state index is 13.0. The second-order valence-corrected chi connectivity index (χ2v) is 9.57. The number of piperidine rings is 1. The zero-order chi connectivity index (χ0) is 24.8. The molecule has 0 saturated carbocycles. The van der Waals surface area contributed by atoms with Crippen molar-refractivity contribution in [1.29, 1.82) is 0 Å². The summed E-state index contributed by atoms with van der Waals surface area (Å²) >= 11 is 5.82. The second kappa shape index (κ2) is 11.6. The normalized spacial score (nSPS) is 14.2. The third kappa shape index (κ3) is 6.24. The van der Waals surface area contributed by atoms with Crippen molar-refractivity contribution in [2.45, 2.75) is 46.5 Å². The lowest BCUT2D eigenvalue weighted by Gasteiger charge is -2.32. The Kier molecular flexibility index (Phi) is 8.86. The number of anilines is 2. The average Bonchev–Trinajstić information content (AvgIpc) is 2.84. The van der Waals surface area contributed by atoms with E-state index in [1.807, 2.05) is 40.0 Å². The first-order valence-electron chi connectivity index (χ1n) is 11.7. The Labute approximate surface area is 206 Å². The van der Waals surface area contributed by atoms with E-state index in [2.05, 4.69) is 27.0 Å². The molecule has 3 aromatic rings. The highest BCUT2D eigenvalue weighted by Gasteiger charge is 2.19. The summed E-state index contributed by atoms with van der Waals surface area (Å²) in [6.07, 6.45) is 5.73. The minimum atomic E-state index is -0.328. The highest BCUT2D eigenvalue weighted by atomic mass is 35.5. The second-order valence-electron chi connectivity index (χ2n) is 9.19. The number of aromatic nitrogens is 2. The van der Waals surface area contributed by atoms with Crippen molar-refractivity contribution in [1.82, 2.24) is 9.97 Å². The van der Waals surface area contributed by atoms with Gasteiger partial charge in [0.25, 0.3) is 0 Å². The van der Waals surface area contributed by atoms with Gasteiger partial charge in [-0.3, -0.25) is 0 Å². The molecule has 0 aliphatic carbocycles. The van der Waals surface area contributed by atoms with Crippen molar-refractivity contribution in [3.63, 3.8) is 0 Å². The Morgan fingerprint density at radius 1 is 1.06 bits per heavy atom. The summed E-state index contributed by atoms with van der Waals surface area (Å²) in [6, 6.07) is 9.33. The van der Waals surface area contributed by atoms with Gasteiger partial charge >= 0.3 is 0 Å². The number of hydrogen-bond acceptors (Lipinski definition) is 5. The van der Waals surface area contributed by atoms with Crippen molar-refractivity contribution >= 4 is 23.2 Å². The van der Waals surface area contributed by atoms with Crippen molar-refractivity contribution in [2.75, 3.05) is 30.3 Å². The molecule has 1 aliphatic heterocycles. The molecule has 0 spiro atoms. The maximum atomic E-state index is 13.0. The van der Waals surface area contributed by atoms with Crippen LogP contribution in [0.15, 0.2) is 42.7 Å². The van der Waals surface area contributed by atoms with Crippen LogP contribution in [0.3, 0.4) is 0 Å². The van der Waals surface area contributed by atoms with Crippen LogP contribution < -0.4 is 10.6 Å². The summed E-state index contributed by atoms with van der Waals surface area (Å²) in [4.78, 5) is 11.1. The van der Waals surface area contributed by atoms with Crippen molar-refractivity contribution in [3.05, 3.63) is 70.3 Å². The number of halogens is 2. The molecule has 0 amide bonds. The SMILES string of the molecule is Cc1cc(-c2ccc(N3CCC(CO)CC3)nc2)cnc1N.Cc1ccc(F)c(Cl)c1C(C)C. The molecule has 2 aromatic heterocycles. The van der Waals surface area contributed by atoms with Crippen LogP contribution in [-0.2, 0) is 0 Å². The quantitative estimate of drug-likeness (QED) is 0.464. The molecule has 3 heterocycles. The summed E-state index contributed by atoms with van der Waals surface area (Å²) in [5.41, 5.74) is 10.8. The number of aliphatic hydroxyl groups excluding tert-OH is 1. The molecule has 0 atom stereocenters. The Bertz CT molecular complexity index is 1100. The number of benzene rings is 1. The van der Waals surface area contributed by atoms with Gasteiger partial charge in [-0.25, -0.2) is 14.4 Å². The predicted octanol–water partition coefficient (Wildman–Crippen LogP) is 6.15. The van der Waals surface area contributed by atoms with Crippen LogP contribution in [0.1, 0.15) is 49.3 Å². The number of nitrogens with zero attached hydrogens (tertiary/aromatic N) is 3. The fourth-order valence-electron chi connectivity index (χ4n) is 4.20. The van der Waals surface area contributed by atoms with E-state index in [1.165, 1.54) is 6.07 Å². The number of pyridine rings is 2. The van der Waals surface area contributed by atoms with E-state index < -0.39 is 0 Å². The lowest BCUT2D eigenvalue weighted by molar-refractivity contribution is 0.203. The predicted molar refractivity (Wildman–Crippen MR) is 139 cm³/mol. The summed E-state index contributed by atoms with van der Waals surface area (Å²) in [5.74, 6) is 1.96. The first-order chi connectivity index (χ1) is 16.2. The number of nitrogens with two attached hydrogens (primary N) is 1. The van der Waals surface area contributed by atoms with Crippen LogP contribution in [0, 0.1) is 25.6 Å². The summed E-state index contributed by atoms with van der Waals surface area (Å²) in [5, 5.41) is 9.47. The molecule has 1 fully saturated rings. The van der Waals surface area contributed by atoms with Crippen LogP contribution in [0.25, 0.3) is 11.1 Å². The largest absolute Gasteiger partial charge is 0.396 e. The monoisotopic (exact) mass is 484 g/mol. The zero-order valence-electron chi connectivity index (χ0n) is 20.4. The van der Waals surface area contributed by atoms with Gasteiger partial charge in [0.05, 0.1) is 5.02 Å². The highest BCUT2D eigenvalue weighted by Crippen LogP contribution is 2.29. The van der Waals surface area contributed by atoms with E-state index in [1.54, 1.807) is 12.3 Å². The average molecular weight is 485 g/mol. The van der Waals surface area contributed by atoms with Crippen molar-refractivity contribution in [3.8, 4) is 11.1 Å². The van der Waals surface area contributed by atoms with E-state index in [0.717, 1.165) is 59.6 Å². The van der Waals surface area contributed by atoms with Gasteiger partial charge in [-0.2, -0.15) is 0 Å². The minimum absolute atomic E-state index is 0.269. The highest BCUT2D eigenvalue weighted by molar-refractivity contribution is 6.31. The first-order valence-corrected chi connectivity index (χ1v) is 12.1. The fraction of sp³-hybridized carbons (Fsp3) is 0.407. The lowest BCUT2D eigenvalue weighted by atomic mass is 9.98. The molecule has 34 heavy (non-hydrogen) atoms. The number of hydrogen-bond donors (Lipinski definition) is 2. The number of aliphatic hydroxyl groups is 1. The van der Waals surface area contributed by atoms with Gasteiger partial charge in [0.15, 0.2) is 0 Å². The Hall–Kier alpha value is -2.70. The van der Waals surface area contributed by atoms with E-state index in [0.29, 0.717) is 18.3 Å². The Balaban J connectivity index is 0.000000229. The van der Waals surface area contributed by atoms with E-state index >= 15 is 0 Å². The van der Waals surface area contributed by atoms with Crippen molar-refractivity contribution in [2.24, 2.45) is 5.92 Å². The third-order valence-corrected chi connectivity index (χ3v) is 6.71. The molecule has 1 saturated heterocycles. The van der Waals surface area contributed by atoms with Gasteiger partial charge in [-0.15, -0.1) is 0 Å². The van der Waals surface area contributed by atoms with E-state index in [9.17, 15) is 9.50 Å². The Morgan fingerprint density at radius 2 is 1.74 bits per heavy atom. The standard InChI is InChI=1S/C17H22N4O.C10H12ClF/c1-12-8-15(10-20-17(12)18)14-2-3-16(19-9-14)21-6-4-13(11-22)5-7-21;1-6(2)9-7(3)4-5-8(12)10(9)11/h2-3,8-10,13,22H,4-7,11H2,1H3,(H2,18,20);4-6H,1-3H3. The summed E-state index contributed by atoms with van der Waals surface area (Å²) < 4.78 is 13.0. The van der Waals surface area contributed by atoms with Crippen LogP contribution in [-0.4, -0.2) is 34.8 Å². The third-order valence-electron chi connectivity index (χ3n) is 6.32. The van der Waals surface area contributed by atoms with Crippen LogP contribution in [0.5, 0.6) is 0 Å². The number of nitrogen functional groups attached to an aromatic ring is 1. The molecule has 0 unspecified atom stereocenters. The van der Waals surface area contributed by atoms with E-state index in [-0.39, 0.29) is 16.8 Å². The topological polar surface area (TPSA) is 75.3 Å². The van der Waals surface area contributed by atoms with Gasteiger partial charge in [0.1, 0.15) is 17.5 Å². The molecular formula is C27H34ClFN4O. The minimum Gasteiger partial charge on any atom is -0.396 e. The fourth-order valence-corrected chi connectivity index (χ4v) is 4.63. The van der Waals surface area contributed by atoms with Gasteiger partial charge in [-0.05, 0) is 79.5 Å². The van der Waals surface area contributed by atoms with Crippen molar-refractivity contribution < 1.29 is 9.50 Å². The molecule has 0 radical (unpaired) electrons. The molecule has 5 nitrogen and oxygen atoms in total.